The van der Waals surface area contributed by atoms with Gasteiger partial charge in [0.05, 0.1) is 17.3 Å². The largest absolute Gasteiger partial charge is 0.496 e. The maximum atomic E-state index is 9.58. The van der Waals surface area contributed by atoms with E-state index in [2.05, 4.69) is 25.9 Å². The molecule has 1 aromatic heterocycles. The van der Waals surface area contributed by atoms with Gasteiger partial charge in [0, 0.05) is 5.56 Å². The van der Waals surface area contributed by atoms with Crippen LogP contribution in [-0.2, 0) is 6.42 Å². The van der Waals surface area contributed by atoms with Gasteiger partial charge in [-0.05, 0) is 40.5 Å². The van der Waals surface area contributed by atoms with Crippen molar-refractivity contribution in [3.05, 3.63) is 28.4 Å². The van der Waals surface area contributed by atoms with Crippen LogP contribution in [0.25, 0.3) is 11.4 Å². The van der Waals surface area contributed by atoms with Crippen LogP contribution in [0.1, 0.15) is 12.6 Å². The number of hydrogen-bond donors (Lipinski definition) is 2. The van der Waals surface area contributed by atoms with E-state index in [1.54, 1.807) is 7.11 Å². The van der Waals surface area contributed by atoms with Crippen molar-refractivity contribution in [1.82, 2.24) is 9.97 Å². The number of halogens is 1. The first-order valence-corrected chi connectivity index (χ1v) is 6.06. The Balaban J connectivity index is 2.42. The molecule has 2 rings (SSSR count). The van der Waals surface area contributed by atoms with Gasteiger partial charge in [-0.3, -0.25) is 0 Å². The summed E-state index contributed by atoms with van der Waals surface area (Å²) in [6.45, 7) is 1.96. The van der Waals surface area contributed by atoms with Crippen molar-refractivity contribution >= 4 is 15.9 Å². The van der Waals surface area contributed by atoms with Crippen molar-refractivity contribution in [1.29, 1.82) is 0 Å². The molecule has 17 heavy (non-hydrogen) atoms. The molecular weight excluding hydrogens is 284 g/mol. The number of methoxy groups -OCH3 is 1. The minimum absolute atomic E-state index is 0.0643. The van der Waals surface area contributed by atoms with Crippen molar-refractivity contribution in [3.8, 4) is 23.0 Å². The Morgan fingerprint density at radius 3 is 2.76 bits per heavy atom. The number of aryl methyl sites for hydroxylation is 1. The summed E-state index contributed by atoms with van der Waals surface area (Å²) in [5.74, 6) is 1.48. The molecule has 1 heterocycles. The highest BCUT2D eigenvalue weighted by Gasteiger charge is 2.10. The molecule has 2 N–H and O–H groups in total. The molecule has 0 bridgehead atoms. The Kier molecular flexibility index (Phi) is 3.38. The number of H-pyrrole nitrogens is 1. The maximum Gasteiger partial charge on any atom is 0.232 e. The fourth-order valence-corrected chi connectivity index (χ4v) is 2.14. The monoisotopic (exact) mass is 296 g/mol. The Morgan fingerprint density at radius 1 is 1.47 bits per heavy atom. The number of hydrogen-bond acceptors (Lipinski definition) is 3. The predicted octanol–water partition coefficient (Wildman–Crippen LogP) is 3.12. The number of aromatic hydroxyl groups is 1. The second-order valence-corrected chi connectivity index (χ2v) is 4.44. The molecule has 0 fully saturated rings. The van der Waals surface area contributed by atoms with Gasteiger partial charge in [-0.25, -0.2) is 0 Å². The zero-order valence-corrected chi connectivity index (χ0v) is 11.2. The zero-order chi connectivity index (χ0) is 12.4. The maximum absolute atomic E-state index is 9.58. The number of aromatic nitrogens is 2. The molecule has 0 aliphatic carbocycles. The summed E-state index contributed by atoms with van der Waals surface area (Å²) >= 11 is 3.42. The lowest BCUT2D eigenvalue weighted by atomic mass is 10.2. The lowest BCUT2D eigenvalue weighted by Crippen LogP contribution is -1.86. The van der Waals surface area contributed by atoms with Gasteiger partial charge < -0.3 is 14.8 Å². The molecule has 0 atom stereocenters. The minimum atomic E-state index is 0.0643. The van der Waals surface area contributed by atoms with Crippen LogP contribution in [0.3, 0.4) is 0 Å². The molecule has 0 saturated heterocycles. The summed E-state index contributed by atoms with van der Waals surface area (Å²) in [5.41, 5.74) is 1.64. The van der Waals surface area contributed by atoms with E-state index in [0.29, 0.717) is 5.82 Å². The third kappa shape index (κ3) is 2.29. The van der Waals surface area contributed by atoms with Gasteiger partial charge in [0.15, 0.2) is 0 Å². The molecule has 0 saturated carbocycles. The third-order valence-electron chi connectivity index (χ3n) is 2.54. The van der Waals surface area contributed by atoms with Crippen molar-refractivity contribution in [2.75, 3.05) is 7.11 Å². The van der Waals surface area contributed by atoms with Crippen LogP contribution in [0.4, 0.5) is 0 Å². The van der Waals surface area contributed by atoms with E-state index in [0.717, 1.165) is 27.9 Å². The predicted molar refractivity (Wildman–Crippen MR) is 69.3 cm³/mol. The minimum Gasteiger partial charge on any atom is -0.496 e. The highest BCUT2D eigenvalue weighted by atomic mass is 79.9. The van der Waals surface area contributed by atoms with Gasteiger partial charge in [0.2, 0.25) is 5.88 Å². The summed E-state index contributed by atoms with van der Waals surface area (Å²) in [4.78, 5) is 7.18. The van der Waals surface area contributed by atoms with Gasteiger partial charge in [0.25, 0.3) is 0 Å². The summed E-state index contributed by atoms with van der Waals surface area (Å²) in [6.07, 6.45) is 0.718. The summed E-state index contributed by atoms with van der Waals surface area (Å²) in [5, 5.41) is 9.58. The molecule has 0 unspecified atom stereocenters. The average molecular weight is 297 g/mol. The summed E-state index contributed by atoms with van der Waals surface area (Å²) < 4.78 is 6.01. The molecule has 0 aliphatic rings. The highest BCUT2D eigenvalue weighted by Crippen LogP contribution is 2.30. The Morgan fingerprint density at radius 2 is 2.24 bits per heavy atom. The molecule has 0 amide bonds. The van der Waals surface area contributed by atoms with Gasteiger partial charge in [0.1, 0.15) is 11.6 Å². The van der Waals surface area contributed by atoms with E-state index < -0.39 is 0 Å². The van der Waals surface area contributed by atoms with Crippen molar-refractivity contribution in [2.24, 2.45) is 0 Å². The number of nitrogens with one attached hydrogen (secondary N) is 1. The van der Waals surface area contributed by atoms with E-state index >= 15 is 0 Å². The topological polar surface area (TPSA) is 58.1 Å². The fourth-order valence-electron chi connectivity index (χ4n) is 1.60. The van der Waals surface area contributed by atoms with Gasteiger partial charge >= 0.3 is 0 Å². The number of benzene rings is 1. The molecule has 0 aliphatic heterocycles. The number of ether oxygens (including phenoxy) is 1. The molecular formula is C12H13BrN2O2. The van der Waals surface area contributed by atoms with Crippen molar-refractivity contribution < 1.29 is 9.84 Å². The van der Waals surface area contributed by atoms with E-state index in [1.807, 2.05) is 25.1 Å². The van der Waals surface area contributed by atoms with Crippen LogP contribution in [0.5, 0.6) is 11.6 Å². The van der Waals surface area contributed by atoms with Crippen molar-refractivity contribution in [3.63, 3.8) is 0 Å². The Hall–Kier alpha value is -1.49. The van der Waals surface area contributed by atoms with Gasteiger partial charge in [-0.2, -0.15) is 4.98 Å². The molecule has 0 radical (unpaired) electrons. The number of imidazole rings is 1. The molecule has 90 valence electrons. The smallest absolute Gasteiger partial charge is 0.232 e. The Bertz CT molecular complexity index is 537. The first-order valence-electron chi connectivity index (χ1n) is 5.27. The average Bonchev–Trinajstić information content (AvgIpc) is 2.70. The lowest BCUT2D eigenvalue weighted by Gasteiger charge is -2.04. The second kappa shape index (κ2) is 4.79. The molecule has 4 nitrogen and oxygen atoms in total. The first-order chi connectivity index (χ1) is 8.15. The fraction of sp³-hybridized carbons (Fsp3) is 0.250. The zero-order valence-electron chi connectivity index (χ0n) is 9.62. The number of rotatable bonds is 3. The molecule has 1 aromatic carbocycles. The number of nitrogens with zero attached hydrogens (tertiary/aromatic N) is 1. The third-order valence-corrected chi connectivity index (χ3v) is 3.16. The molecule has 0 spiro atoms. The normalized spacial score (nSPS) is 10.5. The van der Waals surface area contributed by atoms with Crippen LogP contribution in [0, 0.1) is 0 Å². The quantitative estimate of drug-likeness (QED) is 0.915. The van der Waals surface area contributed by atoms with Crippen LogP contribution >= 0.6 is 15.9 Å². The van der Waals surface area contributed by atoms with E-state index in [4.69, 9.17) is 4.74 Å². The highest BCUT2D eigenvalue weighted by molar-refractivity contribution is 9.10. The standard InChI is InChI=1S/C12H13BrN2O2/c1-3-9-12(16)15-11(14-9)7-4-5-10(17-2)8(13)6-7/h4-6,16H,3H2,1-2H3,(H,14,15). The van der Waals surface area contributed by atoms with Gasteiger partial charge in [-0.15, -0.1) is 0 Å². The lowest BCUT2D eigenvalue weighted by molar-refractivity contribution is 0.412. The van der Waals surface area contributed by atoms with E-state index in [9.17, 15) is 5.11 Å². The first kappa shape index (κ1) is 12.0. The second-order valence-electron chi connectivity index (χ2n) is 3.59. The molecule has 5 heteroatoms. The number of aromatic amines is 1. The van der Waals surface area contributed by atoms with Crippen LogP contribution in [-0.4, -0.2) is 22.2 Å². The van der Waals surface area contributed by atoms with Crippen molar-refractivity contribution in [2.45, 2.75) is 13.3 Å². The summed E-state index contributed by atoms with van der Waals surface area (Å²) in [6, 6.07) is 5.64. The SMILES string of the molecule is CCc1[nH]c(-c2ccc(OC)c(Br)c2)nc1O. The van der Waals surface area contributed by atoms with Crippen LogP contribution in [0.2, 0.25) is 0 Å². The molecule has 2 aromatic rings. The van der Waals surface area contributed by atoms with Gasteiger partial charge in [-0.1, -0.05) is 6.92 Å². The van der Waals surface area contributed by atoms with E-state index in [-0.39, 0.29) is 5.88 Å². The van der Waals surface area contributed by atoms with Crippen LogP contribution < -0.4 is 4.74 Å². The van der Waals surface area contributed by atoms with E-state index in [1.165, 1.54) is 0 Å². The Labute approximate surface area is 108 Å². The van der Waals surface area contributed by atoms with Crippen LogP contribution in [0.15, 0.2) is 22.7 Å². The summed E-state index contributed by atoms with van der Waals surface area (Å²) in [7, 11) is 1.62.